The van der Waals surface area contributed by atoms with Gasteiger partial charge >= 0.3 is 0 Å². The first-order valence-corrected chi connectivity index (χ1v) is 7.14. The number of ketones is 1. The SMILES string of the molecule is Cc1cccc(Cl)c1-c1nnn(CC(=O)c2ccccc2)n1. The van der Waals surface area contributed by atoms with E-state index in [1.807, 2.05) is 37.3 Å². The van der Waals surface area contributed by atoms with Gasteiger partial charge in [0.05, 0.1) is 5.02 Å². The van der Waals surface area contributed by atoms with E-state index in [1.165, 1.54) is 4.80 Å². The fourth-order valence-corrected chi connectivity index (χ4v) is 2.48. The van der Waals surface area contributed by atoms with Crippen LogP contribution in [0, 0.1) is 6.92 Å². The molecule has 0 amide bonds. The molecule has 5 nitrogen and oxygen atoms in total. The quantitative estimate of drug-likeness (QED) is 0.694. The third-order valence-electron chi connectivity index (χ3n) is 3.28. The number of Topliss-reactive ketones (excluding diaryl/α,β-unsaturated/α-hetero) is 1. The van der Waals surface area contributed by atoms with E-state index in [2.05, 4.69) is 15.4 Å². The van der Waals surface area contributed by atoms with Crippen LogP contribution < -0.4 is 0 Å². The number of nitrogens with zero attached hydrogens (tertiary/aromatic N) is 4. The van der Waals surface area contributed by atoms with Gasteiger partial charge in [-0.15, -0.1) is 10.2 Å². The first kappa shape index (κ1) is 14.4. The van der Waals surface area contributed by atoms with Gasteiger partial charge in [0, 0.05) is 11.1 Å². The third-order valence-corrected chi connectivity index (χ3v) is 3.59. The summed E-state index contributed by atoms with van der Waals surface area (Å²) in [5.74, 6) is 0.351. The van der Waals surface area contributed by atoms with Crippen molar-refractivity contribution in [2.45, 2.75) is 13.5 Å². The van der Waals surface area contributed by atoms with Gasteiger partial charge in [-0.25, -0.2) is 0 Å². The minimum Gasteiger partial charge on any atom is -0.292 e. The number of halogens is 1. The highest BCUT2D eigenvalue weighted by molar-refractivity contribution is 6.33. The predicted octanol–water partition coefficient (Wildman–Crippen LogP) is 3.18. The Morgan fingerprint density at radius 1 is 1.14 bits per heavy atom. The highest BCUT2D eigenvalue weighted by atomic mass is 35.5. The normalized spacial score (nSPS) is 10.6. The van der Waals surface area contributed by atoms with E-state index in [1.54, 1.807) is 18.2 Å². The van der Waals surface area contributed by atoms with Crippen LogP contribution in [0.5, 0.6) is 0 Å². The molecule has 2 aromatic carbocycles. The van der Waals surface area contributed by atoms with E-state index in [0.29, 0.717) is 16.4 Å². The summed E-state index contributed by atoms with van der Waals surface area (Å²) in [6, 6.07) is 14.6. The number of rotatable bonds is 4. The number of hydrogen-bond acceptors (Lipinski definition) is 4. The van der Waals surface area contributed by atoms with Crippen LogP contribution in [0.15, 0.2) is 48.5 Å². The lowest BCUT2D eigenvalue weighted by molar-refractivity contribution is 0.0961. The molecule has 0 spiro atoms. The van der Waals surface area contributed by atoms with Gasteiger partial charge < -0.3 is 0 Å². The average molecular weight is 313 g/mol. The summed E-state index contributed by atoms with van der Waals surface area (Å²) >= 11 is 6.19. The molecule has 0 aliphatic heterocycles. The van der Waals surface area contributed by atoms with Gasteiger partial charge in [0.15, 0.2) is 5.78 Å². The number of benzene rings is 2. The average Bonchev–Trinajstić information content (AvgIpc) is 2.96. The second-order valence-corrected chi connectivity index (χ2v) is 5.27. The third kappa shape index (κ3) is 2.89. The van der Waals surface area contributed by atoms with Crippen LogP contribution in [0.2, 0.25) is 5.02 Å². The number of tetrazole rings is 1. The molecular weight excluding hydrogens is 300 g/mol. The maximum Gasteiger partial charge on any atom is 0.206 e. The molecule has 0 N–H and O–H groups in total. The molecule has 0 fully saturated rings. The highest BCUT2D eigenvalue weighted by Gasteiger charge is 2.14. The Balaban J connectivity index is 1.84. The van der Waals surface area contributed by atoms with Crippen molar-refractivity contribution >= 4 is 17.4 Å². The van der Waals surface area contributed by atoms with Crippen LogP contribution in [-0.2, 0) is 6.54 Å². The smallest absolute Gasteiger partial charge is 0.206 e. The molecule has 6 heteroatoms. The number of aryl methyl sites for hydroxylation is 1. The summed E-state index contributed by atoms with van der Waals surface area (Å²) in [6.45, 7) is 1.97. The molecule has 3 rings (SSSR count). The molecule has 1 heterocycles. The van der Waals surface area contributed by atoms with E-state index in [-0.39, 0.29) is 12.3 Å². The van der Waals surface area contributed by atoms with E-state index in [9.17, 15) is 4.79 Å². The van der Waals surface area contributed by atoms with Crippen LogP contribution >= 0.6 is 11.6 Å². The van der Waals surface area contributed by atoms with Crippen molar-refractivity contribution in [3.63, 3.8) is 0 Å². The summed E-state index contributed by atoms with van der Waals surface area (Å²) in [6.07, 6.45) is 0. The van der Waals surface area contributed by atoms with Crippen LogP contribution in [-0.4, -0.2) is 26.0 Å². The Morgan fingerprint density at radius 2 is 1.91 bits per heavy atom. The lowest BCUT2D eigenvalue weighted by atomic mass is 10.1. The molecule has 0 aliphatic rings. The molecule has 0 atom stereocenters. The minimum atomic E-state index is -0.0690. The molecule has 1 aromatic heterocycles. The van der Waals surface area contributed by atoms with Gasteiger partial charge in [0.25, 0.3) is 0 Å². The summed E-state index contributed by atoms with van der Waals surface area (Å²) in [5.41, 5.74) is 2.32. The largest absolute Gasteiger partial charge is 0.292 e. The molecular formula is C16H13ClN4O. The van der Waals surface area contributed by atoms with Gasteiger partial charge in [0.1, 0.15) is 6.54 Å². The molecule has 0 unspecified atom stereocenters. The van der Waals surface area contributed by atoms with Gasteiger partial charge in [0.2, 0.25) is 5.82 Å². The fourth-order valence-electron chi connectivity index (χ4n) is 2.17. The second kappa shape index (κ2) is 6.07. The zero-order valence-corrected chi connectivity index (χ0v) is 12.7. The van der Waals surface area contributed by atoms with Crippen molar-refractivity contribution in [1.29, 1.82) is 0 Å². The first-order valence-electron chi connectivity index (χ1n) is 6.76. The monoisotopic (exact) mass is 312 g/mol. The summed E-state index contributed by atoms with van der Waals surface area (Å²) in [7, 11) is 0. The summed E-state index contributed by atoms with van der Waals surface area (Å²) < 4.78 is 0. The Morgan fingerprint density at radius 3 is 2.64 bits per heavy atom. The van der Waals surface area contributed by atoms with Crippen LogP contribution in [0.4, 0.5) is 0 Å². The lowest BCUT2D eigenvalue weighted by Gasteiger charge is -2.02. The molecule has 0 saturated heterocycles. The van der Waals surface area contributed by atoms with Crippen molar-refractivity contribution < 1.29 is 4.79 Å². The van der Waals surface area contributed by atoms with E-state index in [0.717, 1.165) is 11.1 Å². The van der Waals surface area contributed by atoms with E-state index >= 15 is 0 Å². The van der Waals surface area contributed by atoms with Crippen LogP contribution in [0.3, 0.4) is 0 Å². The molecule has 0 radical (unpaired) electrons. The Labute approximate surface area is 132 Å². The van der Waals surface area contributed by atoms with Crippen LogP contribution in [0.1, 0.15) is 15.9 Å². The predicted molar refractivity (Wildman–Crippen MR) is 83.8 cm³/mol. The molecule has 0 aliphatic carbocycles. The Hall–Kier alpha value is -2.53. The maximum atomic E-state index is 12.1. The Bertz CT molecular complexity index is 794. The first-order chi connectivity index (χ1) is 10.6. The zero-order valence-electron chi connectivity index (χ0n) is 11.9. The number of carbonyl (C=O) groups excluding carboxylic acids is 1. The molecule has 0 bridgehead atoms. The zero-order chi connectivity index (χ0) is 15.5. The van der Waals surface area contributed by atoms with E-state index < -0.39 is 0 Å². The summed E-state index contributed by atoms with van der Waals surface area (Å²) in [5, 5.41) is 12.8. The number of hydrogen-bond donors (Lipinski definition) is 0. The summed E-state index contributed by atoms with van der Waals surface area (Å²) in [4.78, 5) is 13.4. The van der Waals surface area contributed by atoms with E-state index in [4.69, 9.17) is 11.6 Å². The molecule has 110 valence electrons. The number of carbonyl (C=O) groups is 1. The van der Waals surface area contributed by atoms with Gasteiger partial charge in [-0.3, -0.25) is 4.79 Å². The van der Waals surface area contributed by atoms with Crippen molar-refractivity contribution in [3.05, 3.63) is 64.7 Å². The topological polar surface area (TPSA) is 60.7 Å². The second-order valence-electron chi connectivity index (χ2n) is 4.86. The van der Waals surface area contributed by atoms with Crippen molar-refractivity contribution in [1.82, 2.24) is 20.2 Å². The van der Waals surface area contributed by atoms with Crippen LogP contribution in [0.25, 0.3) is 11.4 Å². The standard InChI is InChI=1S/C16H13ClN4O/c1-11-6-5-9-13(17)15(11)16-18-20-21(19-16)10-14(22)12-7-3-2-4-8-12/h2-9H,10H2,1H3. The van der Waals surface area contributed by atoms with Crippen molar-refractivity contribution in [2.24, 2.45) is 0 Å². The Kier molecular flexibility index (Phi) is 3.98. The van der Waals surface area contributed by atoms with Gasteiger partial charge in [-0.05, 0) is 23.8 Å². The minimum absolute atomic E-state index is 0.0422. The molecule has 22 heavy (non-hydrogen) atoms. The van der Waals surface area contributed by atoms with Gasteiger partial charge in [-0.2, -0.15) is 4.80 Å². The molecule has 3 aromatic rings. The van der Waals surface area contributed by atoms with Crippen molar-refractivity contribution in [2.75, 3.05) is 0 Å². The van der Waals surface area contributed by atoms with Gasteiger partial charge in [-0.1, -0.05) is 54.1 Å². The lowest BCUT2D eigenvalue weighted by Crippen LogP contribution is -2.13. The molecule has 0 saturated carbocycles. The van der Waals surface area contributed by atoms with Crippen molar-refractivity contribution in [3.8, 4) is 11.4 Å². The highest BCUT2D eigenvalue weighted by Crippen LogP contribution is 2.27. The number of aromatic nitrogens is 4. The fraction of sp³-hybridized carbons (Fsp3) is 0.125. The maximum absolute atomic E-state index is 12.1.